The van der Waals surface area contributed by atoms with Crippen LogP contribution < -0.4 is 9.46 Å². The predicted molar refractivity (Wildman–Crippen MR) is 117 cm³/mol. The van der Waals surface area contributed by atoms with Gasteiger partial charge in [0.15, 0.2) is 5.82 Å². The van der Waals surface area contributed by atoms with Crippen LogP contribution in [0.1, 0.15) is 18.2 Å². The number of thiazole rings is 1. The van der Waals surface area contributed by atoms with E-state index in [0.29, 0.717) is 35.1 Å². The second-order valence-electron chi connectivity index (χ2n) is 6.88. The highest BCUT2D eigenvalue weighted by molar-refractivity contribution is 7.89. The molecule has 0 aliphatic rings. The van der Waals surface area contributed by atoms with Crippen LogP contribution >= 0.6 is 11.3 Å². The molecule has 0 radical (unpaired) electrons. The minimum atomic E-state index is -3.65. The molecule has 1 N–H and O–H groups in total. The first-order valence-corrected chi connectivity index (χ1v) is 12.1. The smallest absolute Gasteiger partial charge is 0.240 e. The average molecular weight is 461 g/mol. The Morgan fingerprint density at radius 2 is 2.06 bits per heavy atom. The summed E-state index contributed by atoms with van der Waals surface area (Å²) in [6, 6.07) is 10.9. The van der Waals surface area contributed by atoms with E-state index in [0.717, 1.165) is 11.3 Å². The summed E-state index contributed by atoms with van der Waals surface area (Å²) in [5, 5.41) is 6.34. The van der Waals surface area contributed by atoms with Gasteiger partial charge in [0.1, 0.15) is 11.6 Å². The zero-order chi connectivity index (χ0) is 22.0. The predicted octanol–water partition coefficient (Wildman–Crippen LogP) is 3.83. The summed E-state index contributed by atoms with van der Waals surface area (Å²) >= 11 is 1.40. The summed E-state index contributed by atoms with van der Waals surface area (Å²) in [6.07, 6.45) is 0.432. The van der Waals surface area contributed by atoms with E-state index in [9.17, 15) is 12.8 Å². The number of aryl methyl sites for hydroxylation is 1. The molecule has 0 unspecified atom stereocenters. The van der Waals surface area contributed by atoms with Gasteiger partial charge in [0.25, 0.3) is 0 Å². The molecule has 4 aromatic rings. The van der Waals surface area contributed by atoms with E-state index in [-0.39, 0.29) is 17.3 Å². The number of rotatable bonds is 8. The Morgan fingerprint density at radius 1 is 1.23 bits per heavy atom. The van der Waals surface area contributed by atoms with Gasteiger partial charge in [-0.2, -0.15) is 4.98 Å². The molecule has 0 aliphatic heterocycles. The Bertz CT molecular complexity index is 1330. The molecule has 10 heteroatoms. The maximum atomic E-state index is 13.5. The van der Waals surface area contributed by atoms with E-state index in [2.05, 4.69) is 14.8 Å². The zero-order valence-corrected chi connectivity index (χ0v) is 18.6. The van der Waals surface area contributed by atoms with Crippen molar-refractivity contribution in [1.29, 1.82) is 0 Å². The first-order valence-electron chi connectivity index (χ1n) is 9.69. The summed E-state index contributed by atoms with van der Waals surface area (Å²) in [4.78, 5) is 5.29. The van der Waals surface area contributed by atoms with E-state index >= 15 is 0 Å². The highest BCUT2D eigenvalue weighted by atomic mass is 32.2. The van der Waals surface area contributed by atoms with Crippen LogP contribution in [-0.4, -0.2) is 36.2 Å². The minimum absolute atomic E-state index is 0.193. The Hall–Kier alpha value is -2.82. The lowest BCUT2D eigenvalue weighted by Crippen LogP contribution is -2.26. The van der Waals surface area contributed by atoms with Gasteiger partial charge in [0.2, 0.25) is 15.0 Å². The molecule has 2 aromatic heterocycles. The zero-order valence-electron chi connectivity index (χ0n) is 17.0. The van der Waals surface area contributed by atoms with Gasteiger partial charge < -0.3 is 4.74 Å². The number of halogens is 1. The number of nitrogens with one attached hydrogen (secondary N) is 1. The number of hydrogen-bond acceptors (Lipinski definition) is 6. The van der Waals surface area contributed by atoms with Crippen molar-refractivity contribution in [2.24, 2.45) is 0 Å². The van der Waals surface area contributed by atoms with Crippen molar-refractivity contribution in [3.05, 3.63) is 64.9 Å². The molecule has 2 aromatic carbocycles. The van der Waals surface area contributed by atoms with Crippen molar-refractivity contribution in [3.8, 4) is 17.1 Å². The maximum Gasteiger partial charge on any atom is 0.240 e. The largest absolute Gasteiger partial charge is 0.494 e. The fourth-order valence-electron chi connectivity index (χ4n) is 3.15. The van der Waals surface area contributed by atoms with E-state index in [1.165, 1.54) is 29.5 Å². The van der Waals surface area contributed by atoms with Gasteiger partial charge in [0, 0.05) is 23.9 Å². The van der Waals surface area contributed by atoms with Gasteiger partial charge in [-0.15, -0.1) is 16.4 Å². The first-order chi connectivity index (χ1) is 14.9. The standard InChI is InChI=1S/C21H21FN4O3S2/c1-3-29-19-8-7-18(11-14(19)2)31(27,28)23-10-9-17-13-30-21-24-20(25-26(17)21)15-5-4-6-16(22)12-15/h4-8,11-13,23H,3,9-10H2,1-2H3. The van der Waals surface area contributed by atoms with Gasteiger partial charge in [-0.1, -0.05) is 12.1 Å². The normalized spacial score (nSPS) is 11.8. The molecule has 0 fully saturated rings. The molecule has 31 heavy (non-hydrogen) atoms. The lowest BCUT2D eigenvalue weighted by atomic mass is 10.2. The van der Waals surface area contributed by atoms with Crippen molar-refractivity contribution in [2.75, 3.05) is 13.2 Å². The van der Waals surface area contributed by atoms with Crippen LogP contribution in [0.15, 0.2) is 52.7 Å². The molecule has 2 heterocycles. The number of ether oxygens (including phenoxy) is 1. The highest BCUT2D eigenvalue weighted by Crippen LogP contribution is 2.23. The van der Waals surface area contributed by atoms with Crippen LogP contribution in [0.3, 0.4) is 0 Å². The van der Waals surface area contributed by atoms with Crippen molar-refractivity contribution >= 4 is 26.3 Å². The molecular weight excluding hydrogens is 439 g/mol. The number of hydrogen-bond donors (Lipinski definition) is 1. The Balaban J connectivity index is 1.46. The van der Waals surface area contributed by atoms with Gasteiger partial charge in [-0.05, 0) is 49.7 Å². The van der Waals surface area contributed by atoms with Gasteiger partial charge >= 0.3 is 0 Å². The molecule has 0 amide bonds. The summed E-state index contributed by atoms with van der Waals surface area (Å²) in [5.74, 6) is 0.746. The van der Waals surface area contributed by atoms with E-state index in [1.807, 2.05) is 19.2 Å². The van der Waals surface area contributed by atoms with Crippen LogP contribution in [0.4, 0.5) is 4.39 Å². The Labute approximate surface area is 183 Å². The Morgan fingerprint density at radius 3 is 2.81 bits per heavy atom. The molecule has 0 aliphatic carbocycles. The lowest BCUT2D eigenvalue weighted by Gasteiger charge is -2.10. The van der Waals surface area contributed by atoms with E-state index < -0.39 is 10.0 Å². The molecule has 0 atom stereocenters. The second-order valence-corrected chi connectivity index (χ2v) is 9.48. The fourth-order valence-corrected chi connectivity index (χ4v) is 5.12. The summed E-state index contributed by atoms with van der Waals surface area (Å²) < 4.78 is 48.5. The number of aromatic nitrogens is 3. The number of sulfonamides is 1. The molecule has 7 nitrogen and oxygen atoms in total. The topological polar surface area (TPSA) is 85.6 Å². The summed E-state index contributed by atoms with van der Waals surface area (Å²) in [5.41, 5.74) is 2.17. The monoisotopic (exact) mass is 460 g/mol. The third kappa shape index (κ3) is 4.60. The lowest BCUT2D eigenvalue weighted by molar-refractivity contribution is 0.337. The second kappa shape index (κ2) is 8.74. The van der Waals surface area contributed by atoms with Crippen LogP contribution in [0, 0.1) is 12.7 Å². The first kappa shape index (κ1) is 21.4. The van der Waals surface area contributed by atoms with Crippen molar-refractivity contribution in [1.82, 2.24) is 19.3 Å². The molecule has 0 bridgehead atoms. The molecule has 0 saturated heterocycles. The van der Waals surface area contributed by atoms with Gasteiger partial charge in [-0.3, -0.25) is 0 Å². The van der Waals surface area contributed by atoms with Crippen LogP contribution in [0.25, 0.3) is 16.3 Å². The van der Waals surface area contributed by atoms with Gasteiger partial charge in [-0.25, -0.2) is 22.0 Å². The van der Waals surface area contributed by atoms with Crippen LogP contribution in [0.5, 0.6) is 5.75 Å². The number of fused-ring (bicyclic) bond motifs is 1. The van der Waals surface area contributed by atoms with E-state index in [1.54, 1.807) is 28.8 Å². The van der Waals surface area contributed by atoms with Crippen molar-refractivity contribution < 1.29 is 17.5 Å². The Kier molecular flexibility index (Phi) is 6.03. The molecule has 0 spiro atoms. The van der Waals surface area contributed by atoms with Crippen LogP contribution in [-0.2, 0) is 16.4 Å². The van der Waals surface area contributed by atoms with Crippen molar-refractivity contribution in [3.63, 3.8) is 0 Å². The number of benzene rings is 2. The van der Waals surface area contributed by atoms with Crippen LogP contribution in [0.2, 0.25) is 0 Å². The molecular formula is C21H21FN4O3S2. The molecule has 4 rings (SSSR count). The third-order valence-corrected chi connectivity index (χ3v) is 6.99. The minimum Gasteiger partial charge on any atom is -0.494 e. The molecule has 0 saturated carbocycles. The van der Waals surface area contributed by atoms with Crippen molar-refractivity contribution in [2.45, 2.75) is 25.2 Å². The quantitative estimate of drug-likeness (QED) is 0.432. The third-order valence-electron chi connectivity index (χ3n) is 4.66. The van der Waals surface area contributed by atoms with Gasteiger partial charge in [0.05, 0.1) is 17.2 Å². The highest BCUT2D eigenvalue weighted by Gasteiger charge is 2.17. The summed E-state index contributed by atoms with van der Waals surface area (Å²) in [7, 11) is -3.65. The maximum absolute atomic E-state index is 13.5. The summed E-state index contributed by atoms with van der Waals surface area (Å²) in [6.45, 7) is 4.41. The fraction of sp³-hybridized carbons (Fsp3) is 0.238. The number of nitrogens with zero attached hydrogens (tertiary/aromatic N) is 3. The van der Waals surface area contributed by atoms with E-state index in [4.69, 9.17) is 4.74 Å². The SMILES string of the molecule is CCOc1ccc(S(=O)(=O)NCCc2csc3nc(-c4cccc(F)c4)nn23)cc1C. The molecule has 162 valence electrons. The average Bonchev–Trinajstić information content (AvgIpc) is 3.31.